The van der Waals surface area contributed by atoms with Crippen LogP contribution in [0.25, 0.3) is 0 Å². The maximum Gasteiger partial charge on any atom is 0.414 e. The third-order valence-corrected chi connectivity index (χ3v) is 6.20. The number of carboxylic acid groups (broad SMARTS) is 2. The summed E-state index contributed by atoms with van der Waals surface area (Å²) >= 11 is 0. The number of carbonyl (C=O) groups excluding carboxylic acids is 1. The van der Waals surface area contributed by atoms with E-state index in [0.717, 1.165) is 38.8 Å². The quantitative estimate of drug-likeness (QED) is 0.463. The summed E-state index contributed by atoms with van der Waals surface area (Å²) in [6.45, 7) is 1.70. The van der Waals surface area contributed by atoms with Crippen LogP contribution in [0.4, 0.5) is 0 Å². The van der Waals surface area contributed by atoms with E-state index in [1.807, 2.05) is 6.07 Å². The Bertz CT molecular complexity index is 973. The summed E-state index contributed by atoms with van der Waals surface area (Å²) in [4.78, 5) is 37.5. The van der Waals surface area contributed by atoms with Gasteiger partial charge in [0.1, 0.15) is 0 Å². The molecule has 2 aliphatic rings. The van der Waals surface area contributed by atoms with Gasteiger partial charge in [-0.05, 0) is 49.5 Å². The van der Waals surface area contributed by atoms with Crippen LogP contribution in [-0.2, 0) is 22.4 Å². The van der Waals surface area contributed by atoms with Crippen LogP contribution in [0.3, 0.4) is 0 Å². The highest BCUT2D eigenvalue weighted by atomic mass is 16.5. The second-order valence-electron chi connectivity index (χ2n) is 8.19. The average Bonchev–Trinajstić information content (AvgIpc) is 2.83. The lowest BCUT2D eigenvalue weighted by molar-refractivity contribution is -0.159. The number of piperidine rings is 1. The van der Waals surface area contributed by atoms with Crippen molar-refractivity contribution in [3.63, 3.8) is 0 Å². The number of likely N-dealkylation sites (tertiary alicyclic amines) is 1. The summed E-state index contributed by atoms with van der Waals surface area (Å²) in [5.74, 6) is -2.93. The van der Waals surface area contributed by atoms with Crippen LogP contribution in [0.15, 0.2) is 42.6 Å². The number of ketones is 1. The molecule has 0 bridgehead atoms. The summed E-state index contributed by atoms with van der Waals surface area (Å²) < 4.78 is 5.06. The maximum atomic E-state index is 12.8. The van der Waals surface area contributed by atoms with Gasteiger partial charge in [0.2, 0.25) is 5.88 Å². The molecule has 1 aromatic heterocycles. The van der Waals surface area contributed by atoms with Gasteiger partial charge in [0, 0.05) is 36.2 Å². The first-order chi connectivity index (χ1) is 15.8. The number of carboxylic acids is 2. The van der Waals surface area contributed by atoms with Crippen molar-refractivity contribution in [3.8, 4) is 5.88 Å². The fourth-order valence-electron chi connectivity index (χ4n) is 4.43. The summed E-state index contributed by atoms with van der Waals surface area (Å²) in [5, 5.41) is 25.4. The number of rotatable bonds is 4. The highest BCUT2D eigenvalue weighted by Gasteiger charge is 2.35. The molecule has 2 heterocycles. The maximum absolute atomic E-state index is 12.8. The molecule has 0 radical (unpaired) electrons. The number of hydrogen-bond donors (Lipinski definition) is 3. The van der Waals surface area contributed by atoms with Gasteiger partial charge in [0.15, 0.2) is 5.78 Å². The van der Waals surface area contributed by atoms with E-state index in [9.17, 15) is 9.90 Å². The Kier molecular flexibility index (Phi) is 8.13. The van der Waals surface area contributed by atoms with Gasteiger partial charge in [-0.2, -0.15) is 0 Å². The molecule has 1 saturated heterocycles. The molecule has 9 heteroatoms. The predicted molar refractivity (Wildman–Crippen MR) is 118 cm³/mol. The number of hydrogen-bond acceptors (Lipinski definition) is 7. The van der Waals surface area contributed by atoms with Crippen molar-refractivity contribution in [1.82, 2.24) is 9.88 Å². The highest BCUT2D eigenvalue weighted by Crippen LogP contribution is 2.29. The second-order valence-corrected chi connectivity index (χ2v) is 8.19. The van der Waals surface area contributed by atoms with E-state index in [-0.39, 0.29) is 23.8 Å². The molecule has 0 amide bonds. The Labute approximate surface area is 191 Å². The number of aromatic nitrogens is 1. The van der Waals surface area contributed by atoms with E-state index >= 15 is 0 Å². The molecule has 2 unspecified atom stereocenters. The smallest absolute Gasteiger partial charge is 0.414 e. The van der Waals surface area contributed by atoms with Crippen LogP contribution in [0, 0.1) is 5.92 Å². The lowest BCUT2D eigenvalue weighted by Gasteiger charge is -2.41. The van der Waals surface area contributed by atoms with Crippen LogP contribution >= 0.6 is 0 Å². The number of fused-ring (bicyclic) bond motifs is 1. The number of aliphatic hydroxyl groups excluding tert-OH is 1. The molecule has 4 rings (SSSR count). The van der Waals surface area contributed by atoms with Crippen LogP contribution < -0.4 is 4.74 Å². The fraction of sp³-hybridized carbons (Fsp3) is 0.417. The van der Waals surface area contributed by atoms with E-state index < -0.39 is 11.9 Å². The molecule has 1 fully saturated rings. The van der Waals surface area contributed by atoms with E-state index in [4.69, 9.17) is 24.5 Å². The number of pyridine rings is 1. The first-order valence-electron chi connectivity index (χ1n) is 10.8. The minimum atomic E-state index is -1.82. The normalized spacial score (nSPS) is 20.7. The number of ether oxygens (including phenoxy) is 1. The topological polar surface area (TPSA) is 137 Å². The van der Waals surface area contributed by atoms with E-state index in [2.05, 4.69) is 28.1 Å². The van der Waals surface area contributed by atoms with E-state index in [0.29, 0.717) is 11.4 Å². The Hall–Kier alpha value is -3.30. The first-order valence-corrected chi connectivity index (χ1v) is 10.8. The molecular formula is C24H28N2O7. The summed E-state index contributed by atoms with van der Waals surface area (Å²) in [7, 11) is 1.57. The zero-order chi connectivity index (χ0) is 24.0. The zero-order valence-corrected chi connectivity index (χ0v) is 18.4. The van der Waals surface area contributed by atoms with Crippen molar-refractivity contribution in [3.05, 3.63) is 59.3 Å². The summed E-state index contributed by atoms with van der Waals surface area (Å²) in [6, 6.07) is 12.1. The largest absolute Gasteiger partial charge is 0.481 e. The number of aliphatic carboxylic acids is 2. The van der Waals surface area contributed by atoms with Crippen molar-refractivity contribution < 1.29 is 34.4 Å². The zero-order valence-electron chi connectivity index (χ0n) is 18.4. The van der Waals surface area contributed by atoms with Crippen molar-refractivity contribution in [2.45, 2.75) is 37.8 Å². The van der Waals surface area contributed by atoms with Gasteiger partial charge in [-0.15, -0.1) is 0 Å². The molecule has 33 heavy (non-hydrogen) atoms. The number of carbonyl (C=O) groups is 3. The third-order valence-electron chi connectivity index (χ3n) is 6.20. The SMILES string of the molecule is COc1ccc(C(=O)C2CCN(C3Cc4ccccc4CC3O)CC2)cn1.O=C(O)C(=O)O. The van der Waals surface area contributed by atoms with Gasteiger partial charge >= 0.3 is 11.9 Å². The Balaban J connectivity index is 0.000000454. The molecule has 0 saturated carbocycles. The molecule has 176 valence electrons. The second kappa shape index (κ2) is 11.0. The molecule has 1 aliphatic carbocycles. The Morgan fingerprint density at radius 1 is 0.970 bits per heavy atom. The minimum absolute atomic E-state index is 0.0319. The fourth-order valence-corrected chi connectivity index (χ4v) is 4.43. The molecule has 1 aromatic carbocycles. The van der Waals surface area contributed by atoms with Crippen LogP contribution in [-0.4, -0.2) is 75.3 Å². The van der Waals surface area contributed by atoms with Crippen molar-refractivity contribution in [2.75, 3.05) is 20.2 Å². The van der Waals surface area contributed by atoms with Gasteiger partial charge in [-0.1, -0.05) is 24.3 Å². The molecule has 0 spiro atoms. The van der Waals surface area contributed by atoms with Crippen molar-refractivity contribution in [2.24, 2.45) is 5.92 Å². The van der Waals surface area contributed by atoms with Gasteiger partial charge in [-0.25, -0.2) is 14.6 Å². The standard InChI is InChI=1S/C22H26N2O3.C2H2O4/c1-27-21-7-6-18(14-23-21)22(26)15-8-10-24(11-9-15)19-12-16-4-2-3-5-17(16)13-20(19)25;3-1(4)2(5)6/h2-7,14-15,19-20,25H,8-13H2,1H3;(H,3,4)(H,5,6). The number of nitrogens with zero attached hydrogens (tertiary/aromatic N) is 2. The molecular weight excluding hydrogens is 428 g/mol. The highest BCUT2D eigenvalue weighted by molar-refractivity contribution is 6.27. The van der Waals surface area contributed by atoms with E-state index in [1.165, 1.54) is 11.1 Å². The number of methoxy groups -OCH3 is 1. The molecule has 1 aliphatic heterocycles. The van der Waals surface area contributed by atoms with Crippen LogP contribution in [0.1, 0.15) is 34.3 Å². The average molecular weight is 456 g/mol. The van der Waals surface area contributed by atoms with Crippen LogP contribution in [0.5, 0.6) is 5.88 Å². The van der Waals surface area contributed by atoms with Gasteiger partial charge < -0.3 is 20.1 Å². The Morgan fingerprint density at radius 3 is 2.09 bits per heavy atom. The lowest BCUT2D eigenvalue weighted by atomic mass is 9.83. The van der Waals surface area contributed by atoms with Crippen LogP contribution in [0.2, 0.25) is 0 Å². The first kappa shape index (κ1) is 24.3. The Morgan fingerprint density at radius 2 is 1.58 bits per heavy atom. The van der Waals surface area contributed by atoms with Gasteiger partial charge in [0.05, 0.1) is 13.2 Å². The number of benzene rings is 1. The monoisotopic (exact) mass is 456 g/mol. The molecule has 2 aromatic rings. The molecule has 2 atom stereocenters. The summed E-state index contributed by atoms with van der Waals surface area (Å²) in [6.07, 6.45) is 4.54. The van der Waals surface area contributed by atoms with E-state index in [1.54, 1.807) is 25.4 Å². The van der Waals surface area contributed by atoms with Crippen molar-refractivity contribution >= 4 is 17.7 Å². The van der Waals surface area contributed by atoms with Crippen molar-refractivity contribution in [1.29, 1.82) is 0 Å². The third kappa shape index (κ3) is 6.15. The summed E-state index contributed by atoms with van der Waals surface area (Å²) in [5.41, 5.74) is 3.26. The number of Topliss-reactive ketones (excluding diaryl/α,β-unsaturated/α-hetero) is 1. The van der Waals surface area contributed by atoms with Gasteiger partial charge in [-0.3, -0.25) is 9.69 Å². The lowest BCUT2D eigenvalue weighted by Crippen LogP contribution is -2.51. The molecule has 3 N–H and O–H groups in total. The molecule has 9 nitrogen and oxygen atoms in total. The minimum Gasteiger partial charge on any atom is -0.481 e. The number of aliphatic hydroxyl groups is 1. The predicted octanol–water partition coefficient (Wildman–Crippen LogP) is 1.67. The van der Waals surface area contributed by atoms with Gasteiger partial charge in [0.25, 0.3) is 0 Å².